The highest BCUT2D eigenvalue weighted by molar-refractivity contribution is 5.68. The van der Waals surface area contributed by atoms with Gasteiger partial charge in [-0.2, -0.15) is 0 Å². The number of ether oxygens (including phenoxy) is 1. The molecule has 0 aliphatic carbocycles. The van der Waals surface area contributed by atoms with Crippen LogP contribution in [0.1, 0.15) is 32.0 Å². The van der Waals surface area contributed by atoms with Gasteiger partial charge in [-0.1, -0.05) is 0 Å². The molecule has 0 saturated heterocycles. The molecule has 1 aliphatic rings. The molecule has 0 spiro atoms. The summed E-state index contributed by atoms with van der Waals surface area (Å²) in [5.74, 6) is 0. The van der Waals surface area contributed by atoms with Gasteiger partial charge in [0, 0.05) is 25.0 Å². The summed E-state index contributed by atoms with van der Waals surface area (Å²) in [7, 11) is 0. The van der Waals surface area contributed by atoms with Crippen molar-refractivity contribution in [2.24, 2.45) is 0 Å². The molecule has 0 unspecified atom stereocenters. The van der Waals surface area contributed by atoms with Gasteiger partial charge in [0.1, 0.15) is 5.60 Å². The molecule has 2 heterocycles. The first-order chi connectivity index (χ1) is 8.39. The van der Waals surface area contributed by atoms with Crippen LogP contribution < -0.4 is 0 Å². The van der Waals surface area contributed by atoms with E-state index in [1.165, 1.54) is 0 Å². The van der Waals surface area contributed by atoms with Crippen LogP contribution in [0.15, 0.2) is 12.3 Å². The van der Waals surface area contributed by atoms with Gasteiger partial charge in [0.2, 0.25) is 0 Å². The van der Waals surface area contributed by atoms with Crippen LogP contribution in [0.25, 0.3) is 0 Å². The quantitative estimate of drug-likeness (QED) is 0.828. The average Bonchev–Trinajstić information content (AvgIpc) is 2.68. The van der Waals surface area contributed by atoms with Gasteiger partial charge >= 0.3 is 6.09 Å². The van der Waals surface area contributed by atoms with Gasteiger partial charge in [-0.05, 0) is 32.4 Å². The molecule has 0 aromatic carbocycles. The first kappa shape index (κ1) is 13.0. The number of amides is 1. The van der Waals surface area contributed by atoms with E-state index in [0.29, 0.717) is 13.1 Å². The number of aliphatic hydroxyl groups is 1. The third kappa shape index (κ3) is 2.85. The van der Waals surface area contributed by atoms with Crippen molar-refractivity contribution < 1.29 is 14.6 Å². The van der Waals surface area contributed by atoms with E-state index < -0.39 is 5.60 Å². The van der Waals surface area contributed by atoms with E-state index in [9.17, 15) is 4.79 Å². The third-order valence-corrected chi connectivity index (χ3v) is 2.84. The SMILES string of the molecule is CC(C)(C)OC(=O)N1CCn2cc(CO)cc2C1. The molecule has 1 amide bonds. The highest BCUT2D eigenvalue weighted by Crippen LogP contribution is 2.19. The summed E-state index contributed by atoms with van der Waals surface area (Å²) >= 11 is 0. The van der Waals surface area contributed by atoms with E-state index in [1.807, 2.05) is 33.0 Å². The molecule has 1 aliphatic heterocycles. The minimum absolute atomic E-state index is 0.0342. The Bertz CT molecular complexity index is 446. The molecule has 0 fully saturated rings. The fourth-order valence-electron chi connectivity index (χ4n) is 2.03. The molecule has 1 aromatic rings. The van der Waals surface area contributed by atoms with Crippen molar-refractivity contribution in [3.63, 3.8) is 0 Å². The Morgan fingerprint density at radius 3 is 2.78 bits per heavy atom. The molecule has 2 rings (SSSR count). The van der Waals surface area contributed by atoms with Crippen molar-refractivity contribution in [1.82, 2.24) is 9.47 Å². The van der Waals surface area contributed by atoms with Gasteiger partial charge < -0.3 is 19.3 Å². The zero-order valence-electron chi connectivity index (χ0n) is 11.1. The summed E-state index contributed by atoms with van der Waals surface area (Å²) in [5, 5.41) is 9.10. The molecular weight excluding hydrogens is 232 g/mol. The van der Waals surface area contributed by atoms with E-state index in [1.54, 1.807) is 4.90 Å². The minimum atomic E-state index is -0.465. The highest BCUT2D eigenvalue weighted by atomic mass is 16.6. The number of hydrogen-bond acceptors (Lipinski definition) is 3. The smallest absolute Gasteiger partial charge is 0.410 e. The van der Waals surface area contributed by atoms with Crippen LogP contribution >= 0.6 is 0 Å². The molecule has 5 heteroatoms. The van der Waals surface area contributed by atoms with Gasteiger partial charge in [-0.25, -0.2) is 4.79 Å². The highest BCUT2D eigenvalue weighted by Gasteiger charge is 2.25. The Morgan fingerprint density at radius 2 is 2.17 bits per heavy atom. The van der Waals surface area contributed by atoms with Crippen molar-refractivity contribution in [2.75, 3.05) is 6.54 Å². The zero-order valence-corrected chi connectivity index (χ0v) is 11.1. The number of aromatic nitrogens is 1. The maximum atomic E-state index is 11.9. The molecule has 0 atom stereocenters. The van der Waals surface area contributed by atoms with E-state index in [4.69, 9.17) is 9.84 Å². The van der Waals surface area contributed by atoms with Crippen LogP contribution in [0.4, 0.5) is 4.79 Å². The van der Waals surface area contributed by atoms with Crippen LogP contribution in [0.5, 0.6) is 0 Å². The van der Waals surface area contributed by atoms with Crippen LogP contribution in [-0.2, 0) is 24.4 Å². The summed E-state index contributed by atoms with van der Waals surface area (Å²) in [6, 6.07) is 1.93. The van der Waals surface area contributed by atoms with Gasteiger partial charge in [-0.3, -0.25) is 0 Å². The number of hydrogen-bond donors (Lipinski definition) is 1. The van der Waals surface area contributed by atoms with E-state index >= 15 is 0 Å². The lowest BCUT2D eigenvalue weighted by Crippen LogP contribution is -2.41. The molecular formula is C13H20N2O3. The summed E-state index contributed by atoms with van der Waals surface area (Å²) < 4.78 is 7.43. The summed E-state index contributed by atoms with van der Waals surface area (Å²) in [6.45, 7) is 7.54. The van der Waals surface area contributed by atoms with Gasteiger partial charge in [0.15, 0.2) is 0 Å². The Hall–Kier alpha value is -1.49. The number of aliphatic hydroxyl groups excluding tert-OH is 1. The van der Waals surface area contributed by atoms with Crippen LogP contribution in [0.3, 0.4) is 0 Å². The maximum absolute atomic E-state index is 11.9. The third-order valence-electron chi connectivity index (χ3n) is 2.84. The van der Waals surface area contributed by atoms with Crippen molar-refractivity contribution in [1.29, 1.82) is 0 Å². The Kier molecular flexibility index (Phi) is 3.34. The lowest BCUT2D eigenvalue weighted by Gasteiger charge is -2.31. The molecule has 18 heavy (non-hydrogen) atoms. The van der Waals surface area contributed by atoms with Gasteiger partial charge in [0.25, 0.3) is 0 Å². The van der Waals surface area contributed by atoms with E-state index in [0.717, 1.165) is 17.8 Å². The van der Waals surface area contributed by atoms with Gasteiger partial charge in [-0.15, -0.1) is 0 Å². The molecule has 5 nitrogen and oxygen atoms in total. The summed E-state index contributed by atoms with van der Waals surface area (Å²) in [5.41, 5.74) is 1.46. The maximum Gasteiger partial charge on any atom is 0.410 e. The predicted molar refractivity (Wildman–Crippen MR) is 67.0 cm³/mol. The summed E-state index contributed by atoms with van der Waals surface area (Å²) in [4.78, 5) is 13.6. The number of carbonyl (C=O) groups excluding carboxylic acids is 1. The topological polar surface area (TPSA) is 54.7 Å². The molecule has 1 aromatic heterocycles. The Morgan fingerprint density at radius 1 is 1.44 bits per heavy atom. The molecule has 0 radical (unpaired) electrons. The van der Waals surface area contributed by atoms with E-state index in [2.05, 4.69) is 4.57 Å². The van der Waals surface area contributed by atoms with Crippen LogP contribution in [0, 0.1) is 0 Å². The van der Waals surface area contributed by atoms with Gasteiger partial charge in [0.05, 0.1) is 13.2 Å². The number of rotatable bonds is 1. The zero-order chi connectivity index (χ0) is 13.3. The van der Waals surface area contributed by atoms with E-state index in [-0.39, 0.29) is 12.7 Å². The molecule has 0 bridgehead atoms. The normalized spacial score (nSPS) is 15.4. The van der Waals surface area contributed by atoms with Crippen LogP contribution in [-0.4, -0.2) is 32.8 Å². The Balaban J connectivity index is 2.05. The second-order valence-electron chi connectivity index (χ2n) is 5.59. The number of nitrogens with zero attached hydrogens (tertiary/aromatic N) is 2. The van der Waals surface area contributed by atoms with Crippen LogP contribution in [0.2, 0.25) is 0 Å². The van der Waals surface area contributed by atoms with Crippen molar-refractivity contribution >= 4 is 6.09 Å². The number of carbonyl (C=O) groups is 1. The first-order valence-corrected chi connectivity index (χ1v) is 6.16. The largest absolute Gasteiger partial charge is 0.444 e. The Labute approximate surface area is 107 Å². The second kappa shape index (κ2) is 4.65. The minimum Gasteiger partial charge on any atom is -0.444 e. The molecule has 1 N–H and O–H groups in total. The van der Waals surface area contributed by atoms with Crippen molar-refractivity contribution in [3.8, 4) is 0 Å². The second-order valence-corrected chi connectivity index (χ2v) is 5.59. The lowest BCUT2D eigenvalue weighted by molar-refractivity contribution is 0.0199. The number of fused-ring (bicyclic) bond motifs is 1. The fraction of sp³-hybridized carbons (Fsp3) is 0.615. The first-order valence-electron chi connectivity index (χ1n) is 6.16. The molecule has 0 saturated carbocycles. The summed E-state index contributed by atoms with van der Waals surface area (Å²) in [6.07, 6.45) is 1.65. The van der Waals surface area contributed by atoms with Crippen molar-refractivity contribution in [2.45, 2.75) is 46.1 Å². The monoisotopic (exact) mass is 252 g/mol. The standard InChI is InChI=1S/C13H20N2O3/c1-13(2,3)18-12(17)15-5-4-14-7-10(9-16)6-11(14)8-15/h6-7,16H,4-5,8-9H2,1-3H3. The lowest BCUT2D eigenvalue weighted by atomic mass is 10.2. The van der Waals surface area contributed by atoms with Crippen molar-refractivity contribution in [3.05, 3.63) is 23.5 Å². The molecule has 100 valence electrons. The predicted octanol–water partition coefficient (Wildman–Crippen LogP) is 1.73. The average molecular weight is 252 g/mol. The fourth-order valence-corrected chi connectivity index (χ4v) is 2.03.